The Labute approximate surface area is 138 Å². The summed E-state index contributed by atoms with van der Waals surface area (Å²) in [5.41, 5.74) is 0.586. The molecule has 0 bridgehead atoms. The number of aromatic nitrogens is 3. The maximum atomic E-state index is 12.0. The van der Waals surface area contributed by atoms with E-state index < -0.39 is 0 Å². The summed E-state index contributed by atoms with van der Waals surface area (Å²) >= 11 is 0. The molecule has 1 fully saturated rings. The molecule has 0 atom stereocenters. The Hall–Kier alpha value is -2.94. The largest absolute Gasteiger partial charge is 0.484 e. The zero-order chi connectivity index (χ0) is 16.8. The standard InChI is InChI=1S/C15H17N5O4/c21-13(20-5-7-23-8-6-20)9-24-12-3-1-11(2-4-12)18-15(22)14-16-10-17-19-14/h1-4,10H,5-9H2,(H,18,22)(H,16,17,19). The number of nitrogens with one attached hydrogen (secondary N) is 2. The molecule has 1 aliphatic heterocycles. The van der Waals surface area contributed by atoms with Crippen LogP contribution in [0, 0.1) is 0 Å². The molecule has 24 heavy (non-hydrogen) atoms. The fourth-order valence-corrected chi connectivity index (χ4v) is 2.19. The first kappa shape index (κ1) is 15.9. The molecule has 126 valence electrons. The van der Waals surface area contributed by atoms with E-state index in [-0.39, 0.29) is 24.2 Å². The van der Waals surface area contributed by atoms with Gasteiger partial charge in [0.25, 0.3) is 11.8 Å². The molecule has 2 aromatic rings. The van der Waals surface area contributed by atoms with Gasteiger partial charge in [-0.05, 0) is 24.3 Å². The first-order valence-corrected chi connectivity index (χ1v) is 7.47. The first-order valence-electron chi connectivity index (χ1n) is 7.47. The van der Waals surface area contributed by atoms with Crippen LogP contribution < -0.4 is 10.1 Å². The number of nitrogens with zero attached hydrogens (tertiary/aromatic N) is 3. The van der Waals surface area contributed by atoms with E-state index in [2.05, 4.69) is 20.5 Å². The lowest BCUT2D eigenvalue weighted by Gasteiger charge is -2.26. The predicted octanol–water partition coefficient (Wildman–Crippen LogP) is 0.295. The van der Waals surface area contributed by atoms with Crippen molar-refractivity contribution in [3.63, 3.8) is 0 Å². The highest BCUT2D eigenvalue weighted by Crippen LogP contribution is 2.16. The molecule has 1 saturated heterocycles. The molecular formula is C15H17N5O4. The molecule has 2 amide bonds. The number of carbonyl (C=O) groups excluding carboxylic acids is 2. The van der Waals surface area contributed by atoms with Crippen molar-refractivity contribution in [2.75, 3.05) is 38.2 Å². The number of hydrogen-bond donors (Lipinski definition) is 2. The molecule has 1 aromatic carbocycles. The molecule has 9 nitrogen and oxygen atoms in total. The second kappa shape index (κ2) is 7.55. The number of morpholine rings is 1. The van der Waals surface area contributed by atoms with Crippen LogP contribution in [-0.4, -0.2) is 64.8 Å². The summed E-state index contributed by atoms with van der Waals surface area (Å²) in [6.45, 7) is 2.28. The molecule has 1 aromatic heterocycles. The van der Waals surface area contributed by atoms with Crippen LogP contribution in [0.1, 0.15) is 10.6 Å². The van der Waals surface area contributed by atoms with E-state index in [1.165, 1.54) is 6.33 Å². The van der Waals surface area contributed by atoms with Gasteiger partial charge in [0.15, 0.2) is 6.61 Å². The van der Waals surface area contributed by atoms with Gasteiger partial charge in [0.1, 0.15) is 12.1 Å². The average molecular weight is 331 g/mol. The van der Waals surface area contributed by atoms with Crippen molar-refractivity contribution in [3.05, 3.63) is 36.4 Å². The quantitative estimate of drug-likeness (QED) is 0.815. The van der Waals surface area contributed by atoms with Gasteiger partial charge < -0.3 is 19.7 Å². The first-order chi connectivity index (χ1) is 11.7. The molecule has 0 spiro atoms. The Bertz CT molecular complexity index is 680. The van der Waals surface area contributed by atoms with Gasteiger partial charge in [-0.25, -0.2) is 4.98 Å². The van der Waals surface area contributed by atoms with E-state index in [1.54, 1.807) is 29.2 Å². The number of anilines is 1. The third kappa shape index (κ3) is 4.07. The highest BCUT2D eigenvalue weighted by atomic mass is 16.5. The normalized spacial score (nSPS) is 14.2. The van der Waals surface area contributed by atoms with E-state index >= 15 is 0 Å². The molecule has 3 rings (SSSR count). The SMILES string of the molecule is O=C(Nc1ccc(OCC(=O)N2CCOCC2)cc1)c1ncn[nH]1. The van der Waals surface area contributed by atoms with Crippen LogP contribution in [0.5, 0.6) is 5.75 Å². The van der Waals surface area contributed by atoms with Crippen molar-refractivity contribution in [1.29, 1.82) is 0 Å². The Kier molecular flexibility index (Phi) is 5.02. The number of H-pyrrole nitrogens is 1. The van der Waals surface area contributed by atoms with Crippen molar-refractivity contribution >= 4 is 17.5 Å². The third-order valence-electron chi connectivity index (χ3n) is 3.47. The molecule has 0 unspecified atom stereocenters. The highest BCUT2D eigenvalue weighted by molar-refractivity contribution is 6.01. The van der Waals surface area contributed by atoms with Crippen LogP contribution in [0.3, 0.4) is 0 Å². The lowest BCUT2D eigenvalue weighted by Crippen LogP contribution is -2.42. The lowest BCUT2D eigenvalue weighted by molar-refractivity contribution is -0.137. The van der Waals surface area contributed by atoms with Gasteiger partial charge in [-0.15, -0.1) is 0 Å². The Morgan fingerprint density at radius 1 is 1.25 bits per heavy atom. The highest BCUT2D eigenvalue weighted by Gasteiger charge is 2.17. The molecule has 0 aliphatic carbocycles. The van der Waals surface area contributed by atoms with Gasteiger partial charge in [-0.2, -0.15) is 5.10 Å². The summed E-state index contributed by atoms with van der Waals surface area (Å²) in [7, 11) is 0. The Morgan fingerprint density at radius 2 is 2.00 bits per heavy atom. The zero-order valence-corrected chi connectivity index (χ0v) is 12.9. The van der Waals surface area contributed by atoms with Gasteiger partial charge in [-0.3, -0.25) is 14.7 Å². The number of ether oxygens (including phenoxy) is 2. The van der Waals surface area contributed by atoms with Gasteiger partial charge in [0.2, 0.25) is 5.82 Å². The van der Waals surface area contributed by atoms with Crippen molar-refractivity contribution in [2.24, 2.45) is 0 Å². The fraction of sp³-hybridized carbons (Fsp3) is 0.333. The van der Waals surface area contributed by atoms with Crippen LogP contribution in [0.2, 0.25) is 0 Å². The minimum Gasteiger partial charge on any atom is -0.484 e. The maximum Gasteiger partial charge on any atom is 0.292 e. The van der Waals surface area contributed by atoms with Gasteiger partial charge in [-0.1, -0.05) is 0 Å². The molecule has 0 radical (unpaired) electrons. The van der Waals surface area contributed by atoms with Gasteiger partial charge in [0.05, 0.1) is 13.2 Å². The topological polar surface area (TPSA) is 109 Å². The number of benzene rings is 1. The number of amides is 2. The zero-order valence-electron chi connectivity index (χ0n) is 12.9. The van der Waals surface area contributed by atoms with Crippen LogP contribution in [-0.2, 0) is 9.53 Å². The number of rotatable bonds is 5. The van der Waals surface area contributed by atoms with Crippen LogP contribution in [0.25, 0.3) is 0 Å². The van der Waals surface area contributed by atoms with Crippen LogP contribution in [0.15, 0.2) is 30.6 Å². The minimum atomic E-state index is -0.385. The summed E-state index contributed by atoms with van der Waals surface area (Å²) in [4.78, 5) is 29.3. The fourth-order valence-electron chi connectivity index (χ4n) is 2.19. The molecule has 9 heteroatoms. The van der Waals surface area contributed by atoms with E-state index in [0.29, 0.717) is 37.7 Å². The smallest absolute Gasteiger partial charge is 0.292 e. The molecule has 2 heterocycles. The average Bonchev–Trinajstić information content (AvgIpc) is 3.16. The molecule has 2 N–H and O–H groups in total. The minimum absolute atomic E-state index is 0.0240. The summed E-state index contributed by atoms with van der Waals surface area (Å²) in [6.07, 6.45) is 1.26. The lowest BCUT2D eigenvalue weighted by atomic mass is 10.3. The van der Waals surface area contributed by atoms with Crippen molar-refractivity contribution in [3.8, 4) is 5.75 Å². The van der Waals surface area contributed by atoms with Crippen molar-refractivity contribution in [1.82, 2.24) is 20.1 Å². The molecule has 1 aliphatic rings. The van der Waals surface area contributed by atoms with Gasteiger partial charge in [0, 0.05) is 18.8 Å². The Balaban J connectivity index is 1.49. The number of carbonyl (C=O) groups is 2. The van der Waals surface area contributed by atoms with Crippen LogP contribution >= 0.6 is 0 Å². The summed E-state index contributed by atoms with van der Waals surface area (Å²) in [6, 6.07) is 6.73. The van der Waals surface area contributed by atoms with Crippen LogP contribution in [0.4, 0.5) is 5.69 Å². The maximum absolute atomic E-state index is 12.0. The van der Waals surface area contributed by atoms with E-state index in [0.717, 1.165) is 0 Å². The van der Waals surface area contributed by atoms with Gasteiger partial charge >= 0.3 is 0 Å². The summed E-state index contributed by atoms with van der Waals surface area (Å²) < 4.78 is 10.7. The third-order valence-corrected chi connectivity index (χ3v) is 3.47. The monoisotopic (exact) mass is 331 g/mol. The second-order valence-electron chi connectivity index (χ2n) is 5.09. The van der Waals surface area contributed by atoms with E-state index in [1.807, 2.05) is 0 Å². The second-order valence-corrected chi connectivity index (χ2v) is 5.09. The number of hydrogen-bond acceptors (Lipinski definition) is 6. The summed E-state index contributed by atoms with van der Waals surface area (Å²) in [5.74, 6) is 0.227. The molecular weight excluding hydrogens is 314 g/mol. The summed E-state index contributed by atoms with van der Waals surface area (Å²) in [5, 5.41) is 8.77. The van der Waals surface area contributed by atoms with E-state index in [9.17, 15) is 9.59 Å². The van der Waals surface area contributed by atoms with Crippen molar-refractivity contribution < 1.29 is 19.1 Å². The van der Waals surface area contributed by atoms with Crippen molar-refractivity contribution in [2.45, 2.75) is 0 Å². The molecule has 0 saturated carbocycles. The predicted molar refractivity (Wildman–Crippen MR) is 83.7 cm³/mol. The Morgan fingerprint density at radius 3 is 2.67 bits per heavy atom. The van der Waals surface area contributed by atoms with E-state index in [4.69, 9.17) is 9.47 Å². The number of aromatic amines is 1.